The Labute approximate surface area is 398 Å². The van der Waals surface area contributed by atoms with E-state index in [9.17, 15) is 19.2 Å². The summed E-state index contributed by atoms with van der Waals surface area (Å²) >= 11 is 0. The van der Waals surface area contributed by atoms with Crippen LogP contribution in [-0.4, -0.2) is 85.2 Å². The van der Waals surface area contributed by atoms with E-state index in [2.05, 4.69) is 49.0 Å². The zero-order valence-electron chi connectivity index (χ0n) is 37.9. The number of pyridine rings is 2. The quantitative estimate of drug-likeness (QED) is 0.105. The van der Waals surface area contributed by atoms with Crippen molar-refractivity contribution in [1.29, 1.82) is 0 Å². The molecule has 2 aromatic carbocycles. The minimum absolute atomic E-state index is 0.0830. The lowest BCUT2D eigenvalue weighted by molar-refractivity contribution is -0.130. The van der Waals surface area contributed by atoms with Crippen LogP contribution in [0.25, 0.3) is 33.5 Å². The molecule has 0 spiro atoms. The maximum atomic E-state index is 12.7. The Morgan fingerprint density at radius 1 is 0.623 bits per heavy atom. The third-order valence-corrected chi connectivity index (χ3v) is 12.2. The van der Waals surface area contributed by atoms with E-state index in [4.69, 9.17) is 9.97 Å². The van der Waals surface area contributed by atoms with Gasteiger partial charge in [0.1, 0.15) is 23.3 Å². The minimum Gasteiger partial charge on any atom is -0.329 e. The number of amides is 4. The van der Waals surface area contributed by atoms with Gasteiger partial charge in [-0.1, -0.05) is 48.9 Å². The lowest BCUT2D eigenvalue weighted by Gasteiger charge is -2.34. The van der Waals surface area contributed by atoms with Crippen molar-refractivity contribution in [1.82, 2.24) is 48.5 Å². The molecule has 0 aliphatic carbocycles. The molecular weight excluding hydrogens is 869 g/mol. The van der Waals surface area contributed by atoms with Gasteiger partial charge < -0.3 is 20.4 Å². The van der Waals surface area contributed by atoms with Gasteiger partial charge in [-0.15, -0.1) is 0 Å². The SMILES string of the molecule is C=CC(=O)N1CCCC[C@H]1c1nc(-c2ccc(C(=O)Nc3ccccn3)cc2)c2cnccn12.CC#CC(=O)N1CCCC[C@H]1c1nc(-c2ccc(C(=O)Nc3ccccn3)cc2)c2cnccn12. The maximum Gasteiger partial charge on any atom is 0.299 e. The molecule has 2 fully saturated rings. The van der Waals surface area contributed by atoms with Crippen LogP contribution in [0.15, 0.2) is 147 Å². The molecule has 4 amide bonds. The second kappa shape index (κ2) is 20.8. The summed E-state index contributed by atoms with van der Waals surface area (Å²) in [6.45, 7) is 6.68. The first kappa shape index (κ1) is 45.3. The highest BCUT2D eigenvalue weighted by Gasteiger charge is 2.33. The van der Waals surface area contributed by atoms with E-state index in [1.165, 1.54) is 6.08 Å². The lowest BCUT2D eigenvalue weighted by atomic mass is 10.0. The van der Waals surface area contributed by atoms with Crippen LogP contribution in [0.2, 0.25) is 0 Å². The van der Waals surface area contributed by atoms with Crippen molar-refractivity contribution in [3.05, 3.63) is 170 Å². The fourth-order valence-electron chi connectivity index (χ4n) is 8.83. The predicted molar refractivity (Wildman–Crippen MR) is 261 cm³/mol. The molecule has 16 heteroatoms. The largest absolute Gasteiger partial charge is 0.329 e. The second-order valence-corrected chi connectivity index (χ2v) is 16.4. The number of nitrogens with one attached hydrogen (secondary N) is 2. The maximum absolute atomic E-state index is 12.7. The van der Waals surface area contributed by atoms with Gasteiger partial charge >= 0.3 is 0 Å². The summed E-state index contributed by atoms with van der Waals surface area (Å²) in [7, 11) is 0. The first-order valence-electron chi connectivity index (χ1n) is 22.8. The molecule has 2 N–H and O–H groups in total. The van der Waals surface area contributed by atoms with Crippen molar-refractivity contribution < 1.29 is 19.2 Å². The first-order valence-corrected chi connectivity index (χ1v) is 22.8. The molecule has 8 aromatic rings. The van der Waals surface area contributed by atoms with Gasteiger partial charge in [-0.2, -0.15) is 0 Å². The predicted octanol–water partition coefficient (Wildman–Crippen LogP) is 8.40. The number of carbonyl (C=O) groups is 4. The van der Waals surface area contributed by atoms with Crippen LogP contribution in [0.3, 0.4) is 0 Å². The Balaban J connectivity index is 0.000000172. The molecule has 0 saturated carbocycles. The molecule has 69 heavy (non-hydrogen) atoms. The Kier molecular flexibility index (Phi) is 13.6. The summed E-state index contributed by atoms with van der Waals surface area (Å²) in [4.78, 5) is 80.9. The molecule has 0 radical (unpaired) electrons. The average molecular weight is 917 g/mol. The standard InChI is InChI=1S/C27H24N6O2.C26H24N6O2/c1-2-7-24(34)32-16-6-4-8-21(32)26-31-25(22-18-28-15-17-33(22)26)19-10-12-20(13-11-19)27(35)30-23-9-3-5-14-29-23;1-2-23(33)31-15-6-4-7-20(31)25-30-24(21-17-27-14-16-32(21)25)18-9-11-19(12-10-18)26(34)29-22-8-3-5-13-28-22/h3,5,9-15,17-18,21H,4,6,8,16H2,1H3,(H,29,30,35);2-3,5,8-14,16-17,20H,1,4,6-7,15H2,(H,28,29,34)/t21-;20-/m00/s1. The van der Waals surface area contributed by atoms with E-state index >= 15 is 0 Å². The van der Waals surface area contributed by atoms with Crippen LogP contribution in [0.4, 0.5) is 11.6 Å². The highest BCUT2D eigenvalue weighted by molar-refractivity contribution is 6.05. The molecular formula is C53H48N12O4. The Hall–Kier alpha value is -8.84. The number of aromatic nitrogens is 8. The normalized spacial score (nSPS) is 15.6. The van der Waals surface area contributed by atoms with E-state index in [0.717, 1.165) is 83.7 Å². The lowest BCUT2D eigenvalue weighted by Crippen LogP contribution is -2.38. The van der Waals surface area contributed by atoms with Crippen LogP contribution in [0.5, 0.6) is 0 Å². The number of hydrogen-bond donors (Lipinski definition) is 2. The summed E-state index contributed by atoms with van der Waals surface area (Å²) in [5, 5.41) is 5.58. The molecule has 10 rings (SSSR count). The van der Waals surface area contributed by atoms with E-state index in [1.54, 1.807) is 92.6 Å². The fraction of sp³-hybridized carbons (Fsp3) is 0.208. The van der Waals surface area contributed by atoms with E-state index in [-0.39, 0.29) is 35.7 Å². The summed E-state index contributed by atoms with van der Waals surface area (Å²) in [5.41, 5.74) is 5.96. The smallest absolute Gasteiger partial charge is 0.299 e. The third kappa shape index (κ3) is 9.84. The van der Waals surface area contributed by atoms with E-state index in [0.29, 0.717) is 35.9 Å². The monoisotopic (exact) mass is 916 g/mol. The van der Waals surface area contributed by atoms with Crippen molar-refractivity contribution in [2.24, 2.45) is 0 Å². The Morgan fingerprint density at radius 3 is 1.55 bits per heavy atom. The van der Waals surface area contributed by atoms with Crippen LogP contribution < -0.4 is 10.6 Å². The number of hydrogen-bond acceptors (Lipinski definition) is 10. The molecule has 2 atom stereocenters. The highest BCUT2D eigenvalue weighted by atomic mass is 16.2. The summed E-state index contributed by atoms with van der Waals surface area (Å²) in [5.74, 6) is 7.27. The van der Waals surface area contributed by atoms with Crippen molar-refractivity contribution >= 4 is 46.3 Å². The van der Waals surface area contributed by atoms with Crippen LogP contribution in [0.1, 0.15) is 89.9 Å². The zero-order valence-corrected chi connectivity index (χ0v) is 37.9. The van der Waals surface area contributed by atoms with Crippen molar-refractivity contribution in [3.63, 3.8) is 0 Å². The van der Waals surface area contributed by atoms with Crippen molar-refractivity contribution in [3.8, 4) is 34.4 Å². The van der Waals surface area contributed by atoms with Gasteiger partial charge in [0.05, 0.1) is 46.9 Å². The molecule has 344 valence electrons. The third-order valence-electron chi connectivity index (χ3n) is 12.2. The van der Waals surface area contributed by atoms with E-state index in [1.807, 2.05) is 67.4 Å². The fourth-order valence-corrected chi connectivity index (χ4v) is 8.83. The molecule has 8 heterocycles. The topological polar surface area (TPSA) is 185 Å². The Morgan fingerprint density at radius 2 is 1.10 bits per heavy atom. The molecule has 16 nitrogen and oxygen atoms in total. The number of rotatable bonds is 9. The van der Waals surface area contributed by atoms with Crippen LogP contribution >= 0.6 is 0 Å². The van der Waals surface area contributed by atoms with Gasteiger partial charge in [0, 0.05) is 72.5 Å². The van der Waals surface area contributed by atoms with Gasteiger partial charge in [0.15, 0.2) is 0 Å². The van der Waals surface area contributed by atoms with Crippen molar-refractivity contribution in [2.45, 2.75) is 57.5 Å². The number of anilines is 2. The van der Waals surface area contributed by atoms with Gasteiger partial charge in [-0.3, -0.25) is 37.9 Å². The molecule has 6 aromatic heterocycles. The number of carbonyl (C=O) groups excluding carboxylic acids is 4. The molecule has 2 aliphatic rings. The molecule has 0 unspecified atom stereocenters. The molecule has 2 saturated heterocycles. The number of benzene rings is 2. The average Bonchev–Trinajstić information content (AvgIpc) is 3.99. The van der Waals surface area contributed by atoms with E-state index < -0.39 is 0 Å². The van der Waals surface area contributed by atoms with Gasteiger partial charge in [0.2, 0.25) is 5.91 Å². The minimum atomic E-state index is -0.235. The number of piperidine rings is 2. The second-order valence-electron chi connectivity index (χ2n) is 16.4. The molecule has 0 bridgehead atoms. The first-order chi connectivity index (χ1) is 33.8. The van der Waals surface area contributed by atoms with Crippen LogP contribution in [0, 0.1) is 11.8 Å². The Bertz CT molecular complexity index is 3210. The number of likely N-dealkylation sites (tertiary alicyclic amines) is 2. The zero-order chi connectivity index (χ0) is 47.7. The number of imidazole rings is 2. The number of nitrogens with zero attached hydrogens (tertiary/aromatic N) is 10. The van der Waals surface area contributed by atoms with Gasteiger partial charge in [-0.25, -0.2) is 19.9 Å². The number of fused-ring (bicyclic) bond motifs is 2. The van der Waals surface area contributed by atoms with Crippen LogP contribution in [-0.2, 0) is 9.59 Å². The summed E-state index contributed by atoms with van der Waals surface area (Å²) < 4.78 is 4.00. The van der Waals surface area contributed by atoms with Gasteiger partial charge in [0.25, 0.3) is 17.7 Å². The molecule has 2 aliphatic heterocycles. The highest BCUT2D eigenvalue weighted by Crippen LogP contribution is 2.36. The summed E-state index contributed by atoms with van der Waals surface area (Å²) in [6, 6.07) is 25.0. The van der Waals surface area contributed by atoms with Gasteiger partial charge in [-0.05, 0) is 106 Å². The van der Waals surface area contributed by atoms with Crippen molar-refractivity contribution in [2.75, 3.05) is 23.7 Å². The summed E-state index contributed by atoms with van der Waals surface area (Å²) in [6.07, 6.45) is 21.0.